The van der Waals surface area contributed by atoms with Crippen molar-refractivity contribution in [2.24, 2.45) is 0 Å². The fourth-order valence-electron chi connectivity index (χ4n) is 3.95. The van der Waals surface area contributed by atoms with Gasteiger partial charge in [-0.3, -0.25) is 9.78 Å². The van der Waals surface area contributed by atoms with Gasteiger partial charge in [-0.1, -0.05) is 18.2 Å². The Kier molecular flexibility index (Phi) is 3.80. The predicted molar refractivity (Wildman–Crippen MR) is 119 cm³/mol. The molecule has 7 nitrogen and oxygen atoms in total. The quantitative estimate of drug-likeness (QED) is 0.406. The van der Waals surface area contributed by atoms with E-state index in [0.29, 0.717) is 16.9 Å². The minimum Gasteiger partial charge on any atom is -0.370 e. The number of nitrogens with zero attached hydrogens (tertiary/aromatic N) is 3. The van der Waals surface area contributed by atoms with E-state index in [1.165, 1.54) is 11.3 Å². The van der Waals surface area contributed by atoms with Gasteiger partial charge in [-0.25, -0.2) is 9.97 Å². The Balaban J connectivity index is 1.42. The summed E-state index contributed by atoms with van der Waals surface area (Å²) in [4.78, 5) is 29.2. The molecule has 0 saturated carbocycles. The topological polar surface area (TPSA) is 104 Å². The summed E-state index contributed by atoms with van der Waals surface area (Å²) < 4.78 is 0. The first kappa shape index (κ1) is 17.9. The van der Waals surface area contributed by atoms with Crippen molar-refractivity contribution in [3.05, 3.63) is 83.8 Å². The molecular formula is C23H15N5O2S. The third-order valence-electron chi connectivity index (χ3n) is 5.49. The number of aliphatic hydroxyl groups is 1. The maximum atomic E-state index is 12.7. The molecule has 0 aliphatic carbocycles. The van der Waals surface area contributed by atoms with Gasteiger partial charge in [0.05, 0.1) is 11.4 Å². The molecule has 6 rings (SSSR count). The van der Waals surface area contributed by atoms with E-state index in [1.54, 1.807) is 36.7 Å². The zero-order valence-corrected chi connectivity index (χ0v) is 16.9. The molecule has 1 amide bonds. The Morgan fingerprint density at radius 1 is 1.03 bits per heavy atom. The van der Waals surface area contributed by atoms with E-state index >= 15 is 0 Å². The number of H-pyrrole nitrogens is 1. The minimum absolute atomic E-state index is 0.308. The molecule has 5 heterocycles. The standard InChI is InChI=1S/C23H15N5O2S/c29-22-23(30,19-17(28-22)7-3-8-24-19)14-5-1-4-13(10-14)18-12-31-21(27-18)16-11-26-20-15(16)6-2-9-25-20/h1-12,30H,(H,25,26)(H,28,29). The van der Waals surface area contributed by atoms with E-state index < -0.39 is 11.5 Å². The van der Waals surface area contributed by atoms with Crippen LogP contribution in [0.3, 0.4) is 0 Å². The third-order valence-corrected chi connectivity index (χ3v) is 6.36. The van der Waals surface area contributed by atoms with Gasteiger partial charge in [0.15, 0.2) is 0 Å². The largest absolute Gasteiger partial charge is 0.370 e. The zero-order valence-electron chi connectivity index (χ0n) is 16.0. The molecule has 0 saturated heterocycles. The molecule has 0 radical (unpaired) electrons. The molecule has 1 atom stereocenters. The smallest absolute Gasteiger partial charge is 0.267 e. The average molecular weight is 425 g/mol. The number of pyridine rings is 2. The monoisotopic (exact) mass is 425 g/mol. The normalized spacial score (nSPS) is 17.6. The number of carbonyl (C=O) groups is 1. The van der Waals surface area contributed by atoms with E-state index in [0.717, 1.165) is 32.9 Å². The van der Waals surface area contributed by atoms with Gasteiger partial charge >= 0.3 is 0 Å². The van der Waals surface area contributed by atoms with E-state index in [9.17, 15) is 9.90 Å². The van der Waals surface area contributed by atoms with Crippen molar-refractivity contribution in [1.29, 1.82) is 0 Å². The summed E-state index contributed by atoms with van der Waals surface area (Å²) >= 11 is 1.53. The van der Waals surface area contributed by atoms with Crippen LogP contribution in [0.5, 0.6) is 0 Å². The number of aromatic nitrogens is 4. The van der Waals surface area contributed by atoms with Gasteiger partial charge in [0, 0.05) is 40.5 Å². The number of amides is 1. The molecule has 31 heavy (non-hydrogen) atoms. The van der Waals surface area contributed by atoms with Crippen LogP contribution in [0.1, 0.15) is 11.3 Å². The second-order valence-corrected chi connectivity index (χ2v) is 8.14. The van der Waals surface area contributed by atoms with Gasteiger partial charge < -0.3 is 15.4 Å². The second-order valence-electron chi connectivity index (χ2n) is 7.28. The fraction of sp³-hybridized carbons (Fsp3) is 0.0435. The summed E-state index contributed by atoms with van der Waals surface area (Å²) in [6.07, 6.45) is 5.22. The summed E-state index contributed by atoms with van der Waals surface area (Å²) in [5.74, 6) is -0.511. The summed E-state index contributed by atoms with van der Waals surface area (Å²) in [6.45, 7) is 0. The average Bonchev–Trinajstić information content (AvgIpc) is 3.51. The highest BCUT2D eigenvalue weighted by Crippen LogP contribution is 2.40. The summed E-state index contributed by atoms with van der Waals surface area (Å²) in [5, 5.41) is 17.9. The Morgan fingerprint density at radius 3 is 2.84 bits per heavy atom. The van der Waals surface area contributed by atoms with Crippen LogP contribution in [-0.4, -0.2) is 30.9 Å². The van der Waals surface area contributed by atoms with E-state index in [-0.39, 0.29) is 0 Å². The van der Waals surface area contributed by atoms with Crippen molar-refractivity contribution in [1.82, 2.24) is 19.9 Å². The van der Waals surface area contributed by atoms with Gasteiger partial charge in [0.2, 0.25) is 5.60 Å². The fourth-order valence-corrected chi connectivity index (χ4v) is 4.81. The minimum atomic E-state index is -1.84. The van der Waals surface area contributed by atoms with Gasteiger partial charge in [-0.2, -0.15) is 0 Å². The van der Waals surface area contributed by atoms with Crippen LogP contribution in [0.25, 0.3) is 32.9 Å². The highest BCUT2D eigenvalue weighted by atomic mass is 32.1. The number of carbonyl (C=O) groups excluding carboxylic acids is 1. The molecule has 1 unspecified atom stereocenters. The summed E-state index contributed by atoms with van der Waals surface area (Å²) in [5.41, 5.74) is 2.82. The van der Waals surface area contributed by atoms with Crippen molar-refractivity contribution in [3.8, 4) is 21.8 Å². The van der Waals surface area contributed by atoms with E-state index in [1.807, 2.05) is 35.8 Å². The molecule has 3 N–H and O–H groups in total. The predicted octanol–water partition coefficient (Wildman–Crippen LogP) is 3.94. The van der Waals surface area contributed by atoms with Gasteiger partial charge in [-0.05, 0) is 35.9 Å². The van der Waals surface area contributed by atoms with Crippen molar-refractivity contribution >= 4 is 34.0 Å². The zero-order chi connectivity index (χ0) is 21.0. The highest BCUT2D eigenvalue weighted by molar-refractivity contribution is 7.13. The van der Waals surface area contributed by atoms with Crippen molar-refractivity contribution in [2.75, 3.05) is 5.32 Å². The number of aromatic amines is 1. The molecule has 4 aromatic heterocycles. The number of thiazole rings is 1. The first-order valence-electron chi connectivity index (χ1n) is 9.63. The van der Waals surface area contributed by atoms with Crippen LogP contribution >= 0.6 is 11.3 Å². The van der Waals surface area contributed by atoms with E-state index in [2.05, 4.69) is 20.3 Å². The molecule has 0 bridgehead atoms. The number of fused-ring (bicyclic) bond motifs is 2. The van der Waals surface area contributed by atoms with Crippen molar-refractivity contribution in [3.63, 3.8) is 0 Å². The summed E-state index contributed by atoms with van der Waals surface area (Å²) in [7, 11) is 0. The number of hydrogen-bond acceptors (Lipinski definition) is 6. The first-order valence-corrected chi connectivity index (χ1v) is 10.5. The Bertz CT molecular complexity index is 1470. The lowest BCUT2D eigenvalue weighted by Gasteiger charge is -2.20. The molecule has 5 aromatic rings. The van der Waals surface area contributed by atoms with Crippen LogP contribution in [0.2, 0.25) is 0 Å². The van der Waals surface area contributed by atoms with E-state index in [4.69, 9.17) is 4.98 Å². The van der Waals surface area contributed by atoms with Crippen LogP contribution in [0, 0.1) is 0 Å². The van der Waals surface area contributed by atoms with Crippen LogP contribution in [-0.2, 0) is 10.4 Å². The highest BCUT2D eigenvalue weighted by Gasteiger charge is 2.48. The SMILES string of the molecule is O=C1Nc2cccnc2C1(O)c1cccc(-c2csc(-c3c[nH]c4ncccc34)n2)c1. The maximum absolute atomic E-state index is 12.7. The van der Waals surface area contributed by atoms with Crippen molar-refractivity contribution in [2.45, 2.75) is 5.60 Å². The molecule has 8 heteroatoms. The molecule has 1 aliphatic rings. The maximum Gasteiger partial charge on any atom is 0.267 e. The number of hydrogen-bond donors (Lipinski definition) is 3. The number of rotatable bonds is 3. The molecule has 0 fully saturated rings. The van der Waals surface area contributed by atoms with Gasteiger partial charge in [0.1, 0.15) is 16.3 Å². The third kappa shape index (κ3) is 2.62. The second kappa shape index (κ2) is 6.56. The lowest BCUT2D eigenvalue weighted by Crippen LogP contribution is -2.35. The number of benzene rings is 1. The molecule has 1 aromatic carbocycles. The van der Waals surface area contributed by atoms with Gasteiger partial charge in [-0.15, -0.1) is 11.3 Å². The molecular weight excluding hydrogens is 410 g/mol. The molecule has 1 aliphatic heterocycles. The van der Waals surface area contributed by atoms with Crippen LogP contribution in [0.15, 0.2) is 72.5 Å². The van der Waals surface area contributed by atoms with Crippen molar-refractivity contribution < 1.29 is 9.90 Å². The molecule has 0 spiro atoms. The number of nitrogens with one attached hydrogen (secondary N) is 2. The van der Waals surface area contributed by atoms with Crippen LogP contribution in [0.4, 0.5) is 5.69 Å². The Labute approximate surface area is 180 Å². The lowest BCUT2D eigenvalue weighted by atomic mass is 9.89. The lowest BCUT2D eigenvalue weighted by molar-refractivity contribution is -0.129. The first-order chi connectivity index (χ1) is 15.1. The Hall–Kier alpha value is -3.88. The Morgan fingerprint density at radius 2 is 1.90 bits per heavy atom. The summed E-state index contributed by atoms with van der Waals surface area (Å²) in [6, 6.07) is 14.6. The number of anilines is 1. The van der Waals surface area contributed by atoms with Gasteiger partial charge in [0.25, 0.3) is 5.91 Å². The molecule has 150 valence electrons. The van der Waals surface area contributed by atoms with Crippen LogP contribution < -0.4 is 5.32 Å².